The Labute approximate surface area is 113 Å². The number of nitrogens with two attached hydrogens (primary N) is 1. The number of nitrogens with zero attached hydrogens (tertiary/aromatic N) is 1. The van der Waals surface area contributed by atoms with Crippen molar-refractivity contribution in [1.82, 2.24) is 4.90 Å². The van der Waals surface area contributed by atoms with Crippen molar-refractivity contribution < 1.29 is 14.6 Å². The number of carbonyl (C=O) groups excluding carboxylic acids is 1. The lowest BCUT2D eigenvalue weighted by molar-refractivity contribution is -0.120. The van der Waals surface area contributed by atoms with E-state index in [1.807, 2.05) is 0 Å². The van der Waals surface area contributed by atoms with Crippen LogP contribution in [0.1, 0.15) is 6.92 Å². The Balaban J connectivity index is 2.76. The Bertz CT molecular complexity index is 437. The van der Waals surface area contributed by atoms with Gasteiger partial charge in [0, 0.05) is 18.3 Å². The number of nitrogens with one attached hydrogen (secondary N) is 1. The van der Waals surface area contributed by atoms with Crippen LogP contribution in [0.2, 0.25) is 0 Å². The number of aliphatic hydroxyl groups excluding tert-OH is 1. The number of aliphatic hydroxyl groups is 1. The number of nitrogen functional groups attached to an aromatic ring is 1. The molecule has 0 fully saturated rings. The van der Waals surface area contributed by atoms with Gasteiger partial charge in [0.15, 0.2) is 0 Å². The van der Waals surface area contributed by atoms with Gasteiger partial charge in [-0.1, -0.05) is 0 Å². The molecule has 19 heavy (non-hydrogen) atoms. The number of amides is 1. The Morgan fingerprint density at radius 1 is 1.58 bits per heavy atom. The van der Waals surface area contributed by atoms with Gasteiger partial charge in [0.25, 0.3) is 0 Å². The van der Waals surface area contributed by atoms with E-state index in [-0.39, 0.29) is 18.6 Å². The van der Waals surface area contributed by atoms with E-state index in [0.29, 0.717) is 23.7 Å². The maximum Gasteiger partial charge on any atom is 0.241 e. The largest absolute Gasteiger partial charge is 0.494 e. The smallest absolute Gasteiger partial charge is 0.241 e. The van der Waals surface area contributed by atoms with Gasteiger partial charge < -0.3 is 20.9 Å². The van der Waals surface area contributed by atoms with Crippen LogP contribution >= 0.6 is 0 Å². The number of hydrogen-bond acceptors (Lipinski definition) is 5. The molecule has 0 bridgehead atoms. The van der Waals surface area contributed by atoms with Crippen molar-refractivity contribution >= 4 is 17.3 Å². The van der Waals surface area contributed by atoms with Gasteiger partial charge in [0.1, 0.15) is 5.75 Å². The molecule has 0 saturated heterocycles. The summed E-state index contributed by atoms with van der Waals surface area (Å²) in [5, 5.41) is 11.6. The number of ether oxygens (including phenoxy) is 1. The van der Waals surface area contributed by atoms with Crippen molar-refractivity contribution in [2.75, 3.05) is 38.4 Å². The average Bonchev–Trinajstić information content (AvgIpc) is 2.39. The zero-order valence-electron chi connectivity index (χ0n) is 11.5. The molecule has 6 heteroatoms. The van der Waals surface area contributed by atoms with Crippen LogP contribution in [0, 0.1) is 0 Å². The first-order chi connectivity index (χ1) is 8.99. The highest BCUT2D eigenvalue weighted by molar-refractivity contribution is 5.96. The predicted molar refractivity (Wildman–Crippen MR) is 75.2 cm³/mol. The van der Waals surface area contributed by atoms with Gasteiger partial charge in [0.2, 0.25) is 5.91 Å². The van der Waals surface area contributed by atoms with E-state index in [0.717, 1.165) is 0 Å². The third kappa shape index (κ3) is 4.11. The monoisotopic (exact) mass is 267 g/mol. The molecule has 0 aliphatic rings. The third-order valence-corrected chi connectivity index (χ3v) is 2.98. The maximum absolute atomic E-state index is 12.1. The van der Waals surface area contributed by atoms with E-state index < -0.39 is 0 Å². The minimum Gasteiger partial charge on any atom is -0.494 e. The van der Waals surface area contributed by atoms with Gasteiger partial charge in [-0.15, -0.1) is 0 Å². The summed E-state index contributed by atoms with van der Waals surface area (Å²) in [4.78, 5) is 13.8. The van der Waals surface area contributed by atoms with Gasteiger partial charge in [0.05, 0.1) is 25.4 Å². The minimum atomic E-state index is -0.352. The second-order valence-electron chi connectivity index (χ2n) is 4.33. The van der Waals surface area contributed by atoms with Gasteiger partial charge >= 0.3 is 0 Å². The number of benzene rings is 1. The van der Waals surface area contributed by atoms with Crippen molar-refractivity contribution in [2.24, 2.45) is 0 Å². The van der Waals surface area contributed by atoms with E-state index in [1.165, 1.54) is 7.11 Å². The van der Waals surface area contributed by atoms with Crippen molar-refractivity contribution in [2.45, 2.75) is 13.0 Å². The van der Waals surface area contributed by atoms with Crippen LogP contribution in [0.15, 0.2) is 18.2 Å². The Hall–Kier alpha value is -1.79. The maximum atomic E-state index is 12.1. The summed E-state index contributed by atoms with van der Waals surface area (Å²) in [6, 6.07) is 4.69. The highest BCUT2D eigenvalue weighted by Crippen LogP contribution is 2.26. The number of carbonyl (C=O) groups is 1. The third-order valence-electron chi connectivity index (χ3n) is 2.98. The molecule has 1 unspecified atom stereocenters. The molecule has 0 spiro atoms. The molecule has 0 aliphatic heterocycles. The molecule has 6 nitrogen and oxygen atoms in total. The molecule has 4 N–H and O–H groups in total. The molecule has 106 valence electrons. The second-order valence-corrected chi connectivity index (χ2v) is 4.33. The molecule has 1 atom stereocenters. The summed E-state index contributed by atoms with van der Waals surface area (Å²) >= 11 is 0. The van der Waals surface area contributed by atoms with Crippen molar-refractivity contribution in [3.63, 3.8) is 0 Å². The molecule has 0 heterocycles. The van der Waals surface area contributed by atoms with E-state index in [2.05, 4.69) is 5.32 Å². The fourth-order valence-electron chi connectivity index (χ4n) is 1.60. The SMILES string of the molecule is COc1cc(N)ccc1NC(=O)C(C)N(C)CCO. The lowest BCUT2D eigenvalue weighted by Gasteiger charge is -2.23. The second kappa shape index (κ2) is 6.96. The molecule has 0 aromatic heterocycles. The van der Waals surface area contributed by atoms with Gasteiger partial charge in [-0.2, -0.15) is 0 Å². The van der Waals surface area contributed by atoms with Crippen LogP contribution in [-0.2, 0) is 4.79 Å². The topological polar surface area (TPSA) is 87.8 Å². The lowest BCUT2D eigenvalue weighted by atomic mass is 10.2. The number of likely N-dealkylation sites (N-methyl/N-ethyl adjacent to an activating group) is 1. The molecule has 1 amide bonds. The summed E-state index contributed by atoms with van der Waals surface area (Å²) < 4.78 is 5.17. The summed E-state index contributed by atoms with van der Waals surface area (Å²) in [5.41, 5.74) is 6.80. The highest BCUT2D eigenvalue weighted by Gasteiger charge is 2.18. The van der Waals surface area contributed by atoms with Crippen LogP contribution in [0.4, 0.5) is 11.4 Å². The first-order valence-electron chi connectivity index (χ1n) is 6.05. The Morgan fingerprint density at radius 3 is 2.84 bits per heavy atom. The molecular weight excluding hydrogens is 246 g/mol. The summed E-state index contributed by atoms with van der Waals surface area (Å²) in [7, 11) is 3.30. The predicted octanol–water partition coefficient (Wildman–Crippen LogP) is 0.528. The molecular formula is C13H21N3O3. The van der Waals surface area contributed by atoms with E-state index >= 15 is 0 Å². The van der Waals surface area contributed by atoms with Gasteiger partial charge in [-0.3, -0.25) is 9.69 Å². The molecule has 0 saturated carbocycles. The van der Waals surface area contributed by atoms with E-state index in [1.54, 1.807) is 37.1 Å². The minimum absolute atomic E-state index is 0.0132. The number of rotatable bonds is 6. The Kier molecular flexibility index (Phi) is 5.59. The summed E-state index contributed by atoms with van der Waals surface area (Å²) in [6.07, 6.45) is 0. The van der Waals surface area contributed by atoms with E-state index in [4.69, 9.17) is 15.6 Å². The fraction of sp³-hybridized carbons (Fsp3) is 0.462. The number of anilines is 2. The molecule has 1 aromatic carbocycles. The van der Waals surface area contributed by atoms with Crippen molar-refractivity contribution in [3.8, 4) is 5.75 Å². The first kappa shape index (κ1) is 15.3. The van der Waals surface area contributed by atoms with Gasteiger partial charge in [-0.25, -0.2) is 0 Å². The Morgan fingerprint density at radius 2 is 2.26 bits per heavy atom. The fourth-order valence-corrected chi connectivity index (χ4v) is 1.60. The zero-order chi connectivity index (χ0) is 14.4. The number of methoxy groups -OCH3 is 1. The normalized spacial score (nSPS) is 12.3. The van der Waals surface area contributed by atoms with Crippen LogP contribution in [0.25, 0.3) is 0 Å². The van der Waals surface area contributed by atoms with Gasteiger partial charge in [-0.05, 0) is 26.1 Å². The molecule has 1 aromatic rings. The molecule has 0 aliphatic carbocycles. The van der Waals surface area contributed by atoms with Crippen molar-refractivity contribution in [3.05, 3.63) is 18.2 Å². The average molecular weight is 267 g/mol. The van der Waals surface area contributed by atoms with Crippen molar-refractivity contribution in [1.29, 1.82) is 0 Å². The summed E-state index contributed by atoms with van der Waals surface area (Å²) in [6.45, 7) is 2.22. The lowest BCUT2D eigenvalue weighted by Crippen LogP contribution is -2.40. The van der Waals surface area contributed by atoms with Crippen LogP contribution < -0.4 is 15.8 Å². The summed E-state index contributed by atoms with van der Waals surface area (Å²) in [5.74, 6) is 0.351. The first-order valence-corrected chi connectivity index (χ1v) is 6.05. The standard InChI is InChI=1S/C13H21N3O3/c1-9(16(2)6-7-17)13(18)15-11-5-4-10(14)8-12(11)19-3/h4-5,8-9,17H,6-7,14H2,1-3H3,(H,15,18). The molecule has 0 radical (unpaired) electrons. The quantitative estimate of drug-likeness (QED) is 0.654. The molecule has 1 rings (SSSR count). The van der Waals surface area contributed by atoms with Crippen LogP contribution in [0.5, 0.6) is 5.75 Å². The van der Waals surface area contributed by atoms with Crippen LogP contribution in [0.3, 0.4) is 0 Å². The zero-order valence-corrected chi connectivity index (χ0v) is 11.5. The highest BCUT2D eigenvalue weighted by atomic mass is 16.5. The number of hydrogen-bond donors (Lipinski definition) is 3. The van der Waals surface area contributed by atoms with Crippen LogP contribution in [-0.4, -0.2) is 49.3 Å². The van der Waals surface area contributed by atoms with E-state index in [9.17, 15) is 4.79 Å².